The lowest BCUT2D eigenvalue weighted by Crippen LogP contribution is -2.39. The number of nitrogens with one attached hydrogen (secondary N) is 1. The van der Waals surface area contributed by atoms with Crippen molar-refractivity contribution in [2.45, 2.75) is 39.2 Å². The van der Waals surface area contributed by atoms with E-state index < -0.39 is 0 Å². The molecule has 0 saturated carbocycles. The molecule has 5 rings (SSSR count). The summed E-state index contributed by atoms with van der Waals surface area (Å²) in [5.74, 6) is 0.604. The number of hydrogen-bond acceptors (Lipinski definition) is 4. The molecule has 7 nitrogen and oxygen atoms in total. The molecule has 1 aliphatic rings. The second-order valence-corrected chi connectivity index (χ2v) is 7.68. The minimum absolute atomic E-state index is 0.0398. The number of aromatic nitrogens is 5. The molecule has 3 aromatic heterocycles. The van der Waals surface area contributed by atoms with Crippen LogP contribution in [0.3, 0.4) is 0 Å². The van der Waals surface area contributed by atoms with Crippen LogP contribution in [0.5, 0.6) is 0 Å². The largest absolute Gasteiger partial charge is 0.356 e. The minimum atomic E-state index is -0.0655. The fourth-order valence-corrected chi connectivity index (χ4v) is 4.21. The number of fused-ring (bicyclic) bond motifs is 4. The lowest BCUT2D eigenvalue weighted by Gasteiger charge is -2.33. The Morgan fingerprint density at radius 1 is 1.29 bits per heavy atom. The number of hydrogen-bond donors (Lipinski definition) is 1. The zero-order chi connectivity index (χ0) is 19.4. The van der Waals surface area contributed by atoms with Gasteiger partial charge in [0.1, 0.15) is 12.0 Å². The molecule has 4 aromatic rings. The summed E-state index contributed by atoms with van der Waals surface area (Å²) < 4.78 is 1.71. The SMILES string of the molecule is CC(C)c1cc(C(=O)N2CCc3c([nH]c4ccccc34)C2C)nc2ncnn12. The number of aromatic amines is 1. The van der Waals surface area contributed by atoms with Gasteiger partial charge in [-0.1, -0.05) is 32.0 Å². The molecule has 0 aliphatic carbocycles. The molecule has 1 atom stereocenters. The second kappa shape index (κ2) is 6.15. The molecule has 1 aliphatic heterocycles. The van der Waals surface area contributed by atoms with Gasteiger partial charge < -0.3 is 9.88 Å². The van der Waals surface area contributed by atoms with E-state index in [0.29, 0.717) is 18.0 Å². The molecule has 28 heavy (non-hydrogen) atoms. The van der Waals surface area contributed by atoms with Crippen LogP contribution >= 0.6 is 0 Å². The molecule has 1 amide bonds. The van der Waals surface area contributed by atoms with Crippen LogP contribution in [-0.4, -0.2) is 41.9 Å². The maximum atomic E-state index is 13.4. The molecule has 0 spiro atoms. The number of amides is 1. The van der Waals surface area contributed by atoms with E-state index in [0.717, 1.165) is 23.3 Å². The van der Waals surface area contributed by atoms with E-state index in [1.54, 1.807) is 4.52 Å². The number of benzene rings is 1. The van der Waals surface area contributed by atoms with Crippen molar-refractivity contribution in [1.82, 2.24) is 29.5 Å². The summed E-state index contributed by atoms with van der Waals surface area (Å²) in [5, 5.41) is 5.49. The first-order valence-electron chi connectivity index (χ1n) is 9.65. The van der Waals surface area contributed by atoms with Gasteiger partial charge in [0.2, 0.25) is 0 Å². The number of H-pyrrole nitrogens is 1. The summed E-state index contributed by atoms with van der Waals surface area (Å²) in [6.07, 6.45) is 2.31. The number of carbonyl (C=O) groups is 1. The predicted molar refractivity (Wildman–Crippen MR) is 106 cm³/mol. The molecule has 1 N–H and O–H groups in total. The molecule has 1 unspecified atom stereocenters. The van der Waals surface area contributed by atoms with Crippen molar-refractivity contribution in [1.29, 1.82) is 0 Å². The van der Waals surface area contributed by atoms with Crippen molar-refractivity contribution < 1.29 is 4.79 Å². The highest BCUT2D eigenvalue weighted by Gasteiger charge is 2.32. The standard InChI is InChI=1S/C21H22N6O/c1-12(2)18-10-17(25-21-22-11-23-27(18)21)20(28)26-9-8-15-14-6-4-5-7-16(14)24-19(15)13(26)3/h4-7,10-13,24H,8-9H2,1-3H3. The molecular weight excluding hydrogens is 352 g/mol. The first-order valence-corrected chi connectivity index (χ1v) is 9.65. The summed E-state index contributed by atoms with van der Waals surface area (Å²) in [4.78, 5) is 27.5. The van der Waals surface area contributed by atoms with Crippen molar-refractivity contribution in [2.75, 3.05) is 6.54 Å². The summed E-state index contributed by atoms with van der Waals surface area (Å²) in [6, 6.07) is 10.1. The van der Waals surface area contributed by atoms with Gasteiger partial charge in [0.05, 0.1) is 11.7 Å². The third-order valence-corrected chi connectivity index (χ3v) is 5.69. The van der Waals surface area contributed by atoms with Gasteiger partial charge >= 0.3 is 0 Å². The Hall–Kier alpha value is -3.22. The monoisotopic (exact) mass is 374 g/mol. The van der Waals surface area contributed by atoms with E-state index in [2.05, 4.69) is 59.0 Å². The minimum Gasteiger partial charge on any atom is -0.356 e. The van der Waals surface area contributed by atoms with E-state index in [-0.39, 0.29) is 17.9 Å². The van der Waals surface area contributed by atoms with Crippen molar-refractivity contribution >= 4 is 22.6 Å². The summed E-state index contributed by atoms with van der Waals surface area (Å²) in [5.41, 5.74) is 4.92. The Balaban J connectivity index is 1.55. The fraction of sp³-hybridized carbons (Fsp3) is 0.333. The highest BCUT2D eigenvalue weighted by molar-refractivity contribution is 5.94. The summed E-state index contributed by atoms with van der Waals surface area (Å²) in [7, 11) is 0. The maximum Gasteiger partial charge on any atom is 0.273 e. The molecule has 0 radical (unpaired) electrons. The average Bonchev–Trinajstić information content (AvgIpc) is 3.31. The third-order valence-electron chi connectivity index (χ3n) is 5.69. The lowest BCUT2D eigenvalue weighted by atomic mass is 9.98. The Kier molecular flexibility index (Phi) is 3.72. The molecule has 7 heteroatoms. The highest BCUT2D eigenvalue weighted by atomic mass is 16.2. The normalized spacial score (nSPS) is 16.9. The molecule has 1 aromatic carbocycles. The molecule has 142 valence electrons. The highest BCUT2D eigenvalue weighted by Crippen LogP contribution is 2.34. The third kappa shape index (κ3) is 2.42. The fourth-order valence-electron chi connectivity index (χ4n) is 4.21. The van der Waals surface area contributed by atoms with E-state index in [4.69, 9.17) is 0 Å². The van der Waals surface area contributed by atoms with Crippen LogP contribution in [-0.2, 0) is 6.42 Å². The van der Waals surface area contributed by atoms with Crippen LogP contribution in [0, 0.1) is 0 Å². The second-order valence-electron chi connectivity index (χ2n) is 7.68. The average molecular weight is 374 g/mol. The zero-order valence-electron chi connectivity index (χ0n) is 16.2. The Morgan fingerprint density at radius 3 is 2.93 bits per heavy atom. The Labute approximate surface area is 162 Å². The summed E-state index contributed by atoms with van der Waals surface area (Å²) in [6.45, 7) is 6.89. The number of rotatable bonds is 2. The van der Waals surface area contributed by atoms with Gasteiger partial charge in [-0.25, -0.2) is 9.50 Å². The van der Waals surface area contributed by atoms with Crippen LogP contribution in [0.4, 0.5) is 0 Å². The van der Waals surface area contributed by atoms with Crippen LogP contribution < -0.4 is 0 Å². The Bertz CT molecular complexity index is 1200. The van der Waals surface area contributed by atoms with E-state index in [9.17, 15) is 4.79 Å². The van der Waals surface area contributed by atoms with Gasteiger partial charge in [0.25, 0.3) is 11.7 Å². The van der Waals surface area contributed by atoms with Gasteiger partial charge in [-0.15, -0.1) is 0 Å². The van der Waals surface area contributed by atoms with Gasteiger partial charge in [0, 0.05) is 23.1 Å². The van der Waals surface area contributed by atoms with Gasteiger partial charge in [-0.2, -0.15) is 10.1 Å². The topological polar surface area (TPSA) is 79.2 Å². The number of nitrogens with zero attached hydrogens (tertiary/aromatic N) is 5. The molecule has 0 fully saturated rings. The molecule has 0 bridgehead atoms. The van der Waals surface area contributed by atoms with E-state index >= 15 is 0 Å². The smallest absolute Gasteiger partial charge is 0.273 e. The Morgan fingerprint density at radius 2 is 2.11 bits per heavy atom. The lowest BCUT2D eigenvalue weighted by molar-refractivity contribution is 0.0668. The van der Waals surface area contributed by atoms with Gasteiger partial charge in [-0.05, 0) is 37.0 Å². The summed E-state index contributed by atoms with van der Waals surface area (Å²) >= 11 is 0. The zero-order valence-corrected chi connectivity index (χ0v) is 16.2. The van der Waals surface area contributed by atoms with E-state index in [1.807, 2.05) is 17.0 Å². The van der Waals surface area contributed by atoms with Crippen LogP contribution in [0.25, 0.3) is 16.7 Å². The van der Waals surface area contributed by atoms with Crippen molar-refractivity contribution in [3.8, 4) is 0 Å². The maximum absolute atomic E-state index is 13.4. The van der Waals surface area contributed by atoms with E-state index in [1.165, 1.54) is 17.3 Å². The van der Waals surface area contributed by atoms with Gasteiger partial charge in [0.15, 0.2) is 0 Å². The first-order chi connectivity index (χ1) is 13.5. The van der Waals surface area contributed by atoms with Crippen LogP contribution in [0.2, 0.25) is 0 Å². The first kappa shape index (κ1) is 16.9. The number of carbonyl (C=O) groups excluding carboxylic acids is 1. The van der Waals surface area contributed by atoms with Gasteiger partial charge in [-0.3, -0.25) is 4.79 Å². The van der Waals surface area contributed by atoms with Crippen molar-refractivity contribution in [2.24, 2.45) is 0 Å². The molecule has 0 saturated heterocycles. The quantitative estimate of drug-likeness (QED) is 0.582. The molecular formula is C21H22N6O. The van der Waals surface area contributed by atoms with Crippen molar-refractivity contribution in [3.63, 3.8) is 0 Å². The number of para-hydroxylation sites is 1. The van der Waals surface area contributed by atoms with Crippen molar-refractivity contribution in [3.05, 3.63) is 59.3 Å². The molecule has 4 heterocycles. The predicted octanol–water partition coefficient (Wildman–Crippen LogP) is 3.49. The van der Waals surface area contributed by atoms with Crippen LogP contribution in [0.15, 0.2) is 36.7 Å². The van der Waals surface area contributed by atoms with Crippen LogP contribution in [0.1, 0.15) is 60.2 Å².